The highest BCUT2D eigenvalue weighted by atomic mass is 16.5. The monoisotopic (exact) mass is 243 g/mol. The smallest absolute Gasteiger partial charge is 0.259 e. The molecule has 1 aromatic carbocycles. The number of pyridine rings is 1. The zero-order chi connectivity index (χ0) is 13.0. The Bertz CT molecular complexity index is 552. The number of hydrogen-bond acceptors (Lipinski definition) is 4. The maximum atomic E-state index is 11.9. The molecule has 0 bridgehead atoms. The number of nitrogens with one attached hydrogen (secondary N) is 1. The van der Waals surface area contributed by atoms with E-state index in [1.165, 1.54) is 6.20 Å². The fraction of sp³-hybridized carbons (Fsp3) is 0.0769. The molecule has 0 saturated heterocycles. The first-order valence-electron chi connectivity index (χ1n) is 5.35. The van der Waals surface area contributed by atoms with Crippen molar-refractivity contribution in [2.75, 3.05) is 18.2 Å². The molecular weight excluding hydrogens is 230 g/mol. The molecule has 2 aromatic rings. The third kappa shape index (κ3) is 2.57. The van der Waals surface area contributed by atoms with Crippen LogP contribution in [0, 0.1) is 0 Å². The molecule has 0 fully saturated rings. The molecule has 5 nitrogen and oxygen atoms in total. The van der Waals surface area contributed by atoms with Crippen molar-refractivity contribution in [2.45, 2.75) is 0 Å². The van der Waals surface area contributed by atoms with Crippen LogP contribution in [0.1, 0.15) is 10.4 Å². The van der Waals surface area contributed by atoms with Gasteiger partial charge in [-0.1, -0.05) is 0 Å². The number of hydrogen-bond donors (Lipinski definition) is 2. The summed E-state index contributed by atoms with van der Waals surface area (Å²) in [5, 5.41) is 2.74. The lowest BCUT2D eigenvalue weighted by atomic mass is 10.2. The van der Waals surface area contributed by atoms with Gasteiger partial charge in [-0.3, -0.25) is 9.78 Å². The number of ether oxygens (including phenoxy) is 1. The number of aromatic nitrogens is 1. The zero-order valence-corrected chi connectivity index (χ0v) is 9.88. The first-order valence-corrected chi connectivity index (χ1v) is 5.35. The summed E-state index contributed by atoms with van der Waals surface area (Å²) in [7, 11) is 1.59. The van der Waals surface area contributed by atoms with Crippen LogP contribution < -0.4 is 15.8 Å². The molecule has 1 amide bonds. The molecule has 2 rings (SSSR count). The number of benzene rings is 1. The van der Waals surface area contributed by atoms with Crippen LogP contribution in [0.25, 0.3) is 0 Å². The molecule has 18 heavy (non-hydrogen) atoms. The number of carbonyl (C=O) groups excluding carboxylic acids is 1. The van der Waals surface area contributed by atoms with Crippen molar-refractivity contribution in [1.29, 1.82) is 0 Å². The van der Waals surface area contributed by atoms with Gasteiger partial charge in [0.25, 0.3) is 5.91 Å². The second-order valence-corrected chi connectivity index (χ2v) is 3.65. The quantitative estimate of drug-likeness (QED) is 0.863. The SMILES string of the molecule is COc1ccc(NC(=O)c2cnccc2N)cc1. The van der Waals surface area contributed by atoms with Crippen molar-refractivity contribution < 1.29 is 9.53 Å². The van der Waals surface area contributed by atoms with Crippen molar-refractivity contribution >= 4 is 17.3 Å². The van der Waals surface area contributed by atoms with E-state index in [9.17, 15) is 4.79 Å². The number of nitrogens with two attached hydrogens (primary N) is 1. The first kappa shape index (κ1) is 11.9. The number of methoxy groups -OCH3 is 1. The summed E-state index contributed by atoms with van der Waals surface area (Å²) in [4.78, 5) is 15.8. The van der Waals surface area contributed by atoms with Gasteiger partial charge in [-0.25, -0.2) is 0 Å². The molecule has 0 unspecified atom stereocenters. The summed E-state index contributed by atoms with van der Waals surface area (Å²) in [5.74, 6) is 0.444. The van der Waals surface area contributed by atoms with Gasteiger partial charge >= 0.3 is 0 Å². The van der Waals surface area contributed by atoms with Gasteiger partial charge in [-0.2, -0.15) is 0 Å². The number of rotatable bonds is 3. The Morgan fingerprint density at radius 3 is 2.61 bits per heavy atom. The maximum Gasteiger partial charge on any atom is 0.259 e. The molecule has 3 N–H and O–H groups in total. The molecule has 0 spiro atoms. The molecule has 5 heteroatoms. The van der Waals surface area contributed by atoms with E-state index in [0.29, 0.717) is 16.9 Å². The Morgan fingerprint density at radius 1 is 1.28 bits per heavy atom. The summed E-state index contributed by atoms with van der Waals surface area (Å²) >= 11 is 0. The number of nitrogen functional groups attached to an aromatic ring is 1. The third-order valence-electron chi connectivity index (χ3n) is 2.45. The molecule has 0 aliphatic heterocycles. The minimum Gasteiger partial charge on any atom is -0.497 e. The van der Waals surface area contributed by atoms with E-state index >= 15 is 0 Å². The fourth-order valence-corrected chi connectivity index (χ4v) is 1.47. The Balaban J connectivity index is 2.14. The van der Waals surface area contributed by atoms with Crippen LogP contribution in [-0.4, -0.2) is 18.0 Å². The Morgan fingerprint density at radius 2 is 2.00 bits per heavy atom. The van der Waals surface area contributed by atoms with Crippen LogP contribution >= 0.6 is 0 Å². The number of carbonyl (C=O) groups is 1. The first-order chi connectivity index (χ1) is 8.70. The lowest BCUT2D eigenvalue weighted by Gasteiger charge is -2.07. The number of anilines is 2. The standard InChI is InChI=1S/C13H13N3O2/c1-18-10-4-2-9(3-5-10)16-13(17)11-8-15-7-6-12(11)14/h2-8H,1H3,(H2,14,15)(H,16,17). The molecule has 1 aromatic heterocycles. The molecule has 92 valence electrons. The minimum absolute atomic E-state index is 0.286. The zero-order valence-electron chi connectivity index (χ0n) is 9.88. The number of amides is 1. The van der Waals surface area contributed by atoms with E-state index in [-0.39, 0.29) is 5.91 Å². The lowest BCUT2D eigenvalue weighted by molar-refractivity contribution is 0.102. The van der Waals surface area contributed by atoms with Gasteiger partial charge in [0, 0.05) is 23.8 Å². The molecule has 0 aliphatic rings. The van der Waals surface area contributed by atoms with Gasteiger partial charge in [0.2, 0.25) is 0 Å². The van der Waals surface area contributed by atoms with Crippen molar-refractivity contribution in [1.82, 2.24) is 4.98 Å². The number of nitrogens with zero attached hydrogens (tertiary/aromatic N) is 1. The van der Waals surface area contributed by atoms with Gasteiger partial charge in [0.1, 0.15) is 5.75 Å². The van der Waals surface area contributed by atoms with Gasteiger partial charge in [-0.15, -0.1) is 0 Å². The molecule has 0 radical (unpaired) electrons. The second kappa shape index (κ2) is 5.18. The lowest BCUT2D eigenvalue weighted by Crippen LogP contribution is -2.14. The van der Waals surface area contributed by atoms with Gasteiger partial charge in [0.15, 0.2) is 0 Å². The highest BCUT2D eigenvalue weighted by molar-refractivity contribution is 6.07. The van der Waals surface area contributed by atoms with Crippen molar-refractivity contribution in [3.05, 3.63) is 48.3 Å². The van der Waals surface area contributed by atoms with E-state index < -0.39 is 0 Å². The Labute approximate surface area is 105 Å². The summed E-state index contributed by atoms with van der Waals surface area (Å²) < 4.78 is 5.04. The molecule has 0 atom stereocenters. The van der Waals surface area contributed by atoms with E-state index in [2.05, 4.69) is 10.3 Å². The van der Waals surface area contributed by atoms with E-state index in [1.54, 1.807) is 43.6 Å². The molecule has 0 aliphatic carbocycles. The average Bonchev–Trinajstić information content (AvgIpc) is 2.40. The molecule has 0 saturated carbocycles. The van der Waals surface area contributed by atoms with Crippen molar-refractivity contribution in [3.8, 4) is 5.75 Å². The second-order valence-electron chi connectivity index (χ2n) is 3.65. The molecular formula is C13H13N3O2. The van der Waals surface area contributed by atoms with Crippen LogP contribution in [0.15, 0.2) is 42.7 Å². The van der Waals surface area contributed by atoms with Crippen LogP contribution in [-0.2, 0) is 0 Å². The highest BCUT2D eigenvalue weighted by Gasteiger charge is 2.09. The van der Waals surface area contributed by atoms with Crippen LogP contribution in [0.5, 0.6) is 5.75 Å². The Hall–Kier alpha value is -2.56. The summed E-state index contributed by atoms with van der Waals surface area (Å²) in [6.07, 6.45) is 2.98. The summed E-state index contributed by atoms with van der Waals surface area (Å²) in [5.41, 5.74) is 7.12. The normalized spacial score (nSPS) is 9.83. The van der Waals surface area contributed by atoms with Crippen LogP contribution in [0.3, 0.4) is 0 Å². The third-order valence-corrected chi connectivity index (χ3v) is 2.45. The van der Waals surface area contributed by atoms with Crippen molar-refractivity contribution in [3.63, 3.8) is 0 Å². The largest absolute Gasteiger partial charge is 0.497 e. The fourth-order valence-electron chi connectivity index (χ4n) is 1.47. The average molecular weight is 243 g/mol. The van der Waals surface area contributed by atoms with E-state index in [1.807, 2.05) is 0 Å². The highest BCUT2D eigenvalue weighted by Crippen LogP contribution is 2.17. The van der Waals surface area contributed by atoms with E-state index in [0.717, 1.165) is 5.75 Å². The van der Waals surface area contributed by atoms with Gasteiger partial charge in [0.05, 0.1) is 12.7 Å². The topological polar surface area (TPSA) is 77.2 Å². The van der Waals surface area contributed by atoms with Gasteiger partial charge in [-0.05, 0) is 30.3 Å². The van der Waals surface area contributed by atoms with E-state index in [4.69, 9.17) is 10.5 Å². The molecule has 1 heterocycles. The maximum absolute atomic E-state index is 11.9. The van der Waals surface area contributed by atoms with Crippen LogP contribution in [0.2, 0.25) is 0 Å². The summed E-state index contributed by atoms with van der Waals surface area (Å²) in [6, 6.07) is 8.62. The Kier molecular flexibility index (Phi) is 3.43. The van der Waals surface area contributed by atoms with Crippen molar-refractivity contribution in [2.24, 2.45) is 0 Å². The predicted octanol–water partition coefficient (Wildman–Crippen LogP) is 1.92. The predicted molar refractivity (Wildman–Crippen MR) is 69.6 cm³/mol. The van der Waals surface area contributed by atoms with Crippen LogP contribution in [0.4, 0.5) is 11.4 Å². The van der Waals surface area contributed by atoms with Gasteiger partial charge < -0.3 is 15.8 Å². The summed E-state index contributed by atoms with van der Waals surface area (Å²) in [6.45, 7) is 0. The minimum atomic E-state index is -0.286.